The van der Waals surface area contributed by atoms with Gasteiger partial charge in [-0.05, 0) is 0 Å². The van der Waals surface area contributed by atoms with Gasteiger partial charge in [-0.25, -0.2) is 0 Å². The third kappa shape index (κ3) is 1.91. The SMILES string of the molecule is C=O.[SeH]c1nc2ccccc2s1. The van der Waals surface area contributed by atoms with Crippen LogP contribution in [0, 0.1) is 0 Å². The molecule has 4 heteroatoms. The van der Waals surface area contributed by atoms with Crippen LogP contribution in [0.3, 0.4) is 0 Å². The van der Waals surface area contributed by atoms with Crippen LogP contribution < -0.4 is 3.91 Å². The normalized spacial score (nSPS) is 9.08. The third-order valence-corrected chi connectivity index (χ3v) is 2.91. The summed E-state index contributed by atoms with van der Waals surface area (Å²) in [7, 11) is 0. The van der Waals surface area contributed by atoms with Gasteiger partial charge in [0.1, 0.15) is 6.79 Å². The molecule has 0 radical (unpaired) electrons. The van der Waals surface area contributed by atoms with Crippen molar-refractivity contribution in [3.8, 4) is 0 Å². The number of para-hydroxylation sites is 1. The van der Waals surface area contributed by atoms with Crippen molar-refractivity contribution in [2.75, 3.05) is 0 Å². The summed E-state index contributed by atoms with van der Waals surface area (Å²) in [6.07, 6.45) is 0. The molecule has 0 aliphatic heterocycles. The minimum atomic E-state index is 1.08. The summed E-state index contributed by atoms with van der Waals surface area (Å²) in [5.74, 6) is 0. The number of thiazole rings is 1. The zero-order chi connectivity index (χ0) is 8.97. The molecule has 2 nitrogen and oxygen atoms in total. The second-order valence-electron chi connectivity index (χ2n) is 1.96. The Hall–Kier alpha value is -0.701. The fraction of sp³-hybridized carbons (Fsp3) is 0. The molecular weight excluding hydrogens is 237 g/mol. The van der Waals surface area contributed by atoms with Crippen LogP contribution in [0.1, 0.15) is 0 Å². The fourth-order valence-corrected chi connectivity index (χ4v) is 2.41. The van der Waals surface area contributed by atoms with E-state index in [4.69, 9.17) is 4.79 Å². The van der Waals surface area contributed by atoms with Crippen molar-refractivity contribution in [2.45, 2.75) is 0 Å². The topological polar surface area (TPSA) is 30.0 Å². The molecule has 0 atom stereocenters. The van der Waals surface area contributed by atoms with E-state index in [9.17, 15) is 0 Å². The molecule has 0 bridgehead atoms. The van der Waals surface area contributed by atoms with E-state index < -0.39 is 0 Å². The van der Waals surface area contributed by atoms with Crippen molar-refractivity contribution in [1.82, 2.24) is 4.98 Å². The summed E-state index contributed by atoms with van der Waals surface area (Å²) in [5.41, 5.74) is 1.10. The van der Waals surface area contributed by atoms with Crippen LogP contribution in [0.2, 0.25) is 0 Å². The first-order valence-electron chi connectivity index (χ1n) is 3.20. The molecule has 0 aliphatic carbocycles. The summed E-state index contributed by atoms with van der Waals surface area (Å²) in [4.78, 5) is 12.3. The molecule has 2 aromatic rings. The van der Waals surface area contributed by atoms with E-state index in [2.05, 4.69) is 27.1 Å². The quantitative estimate of drug-likeness (QED) is 0.636. The Morgan fingerprint density at radius 3 is 2.67 bits per heavy atom. The van der Waals surface area contributed by atoms with E-state index >= 15 is 0 Å². The number of aromatic nitrogens is 1. The zero-order valence-corrected chi connectivity index (χ0v) is 8.92. The van der Waals surface area contributed by atoms with Gasteiger partial charge in [-0.1, -0.05) is 0 Å². The molecule has 0 saturated carbocycles. The Kier molecular flexibility index (Phi) is 3.41. The van der Waals surface area contributed by atoms with Crippen LogP contribution >= 0.6 is 11.3 Å². The molecule has 12 heavy (non-hydrogen) atoms. The van der Waals surface area contributed by atoms with Crippen LogP contribution in [0.4, 0.5) is 0 Å². The predicted octanol–water partition coefficient (Wildman–Crippen LogP) is 0.637. The van der Waals surface area contributed by atoms with Crippen LogP contribution in [-0.2, 0) is 4.79 Å². The fourth-order valence-electron chi connectivity index (χ4n) is 0.860. The van der Waals surface area contributed by atoms with Crippen LogP contribution in [0.15, 0.2) is 24.3 Å². The average Bonchev–Trinajstić information content (AvgIpc) is 2.48. The Labute approximate surface area is 82.4 Å². The number of benzene rings is 1. The zero-order valence-electron chi connectivity index (χ0n) is 6.23. The van der Waals surface area contributed by atoms with Gasteiger partial charge in [-0.3, -0.25) is 0 Å². The van der Waals surface area contributed by atoms with Gasteiger partial charge in [0.05, 0.1) is 0 Å². The summed E-state index contributed by atoms with van der Waals surface area (Å²) in [6.45, 7) is 2.00. The van der Waals surface area contributed by atoms with Crippen molar-refractivity contribution in [3.05, 3.63) is 24.3 Å². The van der Waals surface area contributed by atoms with Gasteiger partial charge < -0.3 is 4.79 Å². The molecule has 0 amide bonds. The molecule has 0 spiro atoms. The number of carbonyl (C=O) groups excluding carboxylic acids is 1. The number of nitrogens with zero attached hydrogens (tertiary/aromatic N) is 1. The molecule has 62 valence electrons. The van der Waals surface area contributed by atoms with Gasteiger partial charge in [-0.15, -0.1) is 0 Å². The second kappa shape index (κ2) is 4.36. The van der Waals surface area contributed by atoms with E-state index in [1.165, 1.54) is 4.70 Å². The first-order valence-corrected chi connectivity index (χ1v) is 4.95. The minimum absolute atomic E-state index is 1.08. The second-order valence-corrected chi connectivity index (χ2v) is 4.54. The van der Waals surface area contributed by atoms with E-state index in [0.29, 0.717) is 0 Å². The summed E-state index contributed by atoms with van der Waals surface area (Å²) < 4.78 is 2.34. The Morgan fingerprint density at radius 1 is 1.33 bits per heavy atom. The molecular formula is C8H7NOSSe. The van der Waals surface area contributed by atoms with Gasteiger partial charge in [-0.2, -0.15) is 0 Å². The van der Waals surface area contributed by atoms with Crippen molar-refractivity contribution >= 4 is 48.3 Å². The first kappa shape index (κ1) is 9.39. The van der Waals surface area contributed by atoms with Gasteiger partial charge in [0.2, 0.25) is 0 Å². The third-order valence-electron chi connectivity index (χ3n) is 1.28. The summed E-state index contributed by atoms with van der Waals surface area (Å²) in [5, 5.41) is 0. The van der Waals surface area contributed by atoms with Gasteiger partial charge in [0.25, 0.3) is 0 Å². The van der Waals surface area contributed by atoms with Crippen molar-refractivity contribution in [3.63, 3.8) is 0 Å². The van der Waals surface area contributed by atoms with Crippen molar-refractivity contribution in [1.29, 1.82) is 0 Å². The van der Waals surface area contributed by atoms with Gasteiger partial charge in [0.15, 0.2) is 0 Å². The van der Waals surface area contributed by atoms with Crippen LogP contribution in [-0.4, -0.2) is 27.8 Å². The predicted molar refractivity (Wildman–Crippen MR) is 53.5 cm³/mol. The molecule has 0 fully saturated rings. The molecule has 1 aromatic carbocycles. The van der Waals surface area contributed by atoms with Gasteiger partial charge in [0, 0.05) is 0 Å². The maximum atomic E-state index is 8.00. The van der Waals surface area contributed by atoms with Gasteiger partial charge >= 0.3 is 70.7 Å². The molecule has 2 rings (SSSR count). The van der Waals surface area contributed by atoms with Crippen molar-refractivity contribution < 1.29 is 4.79 Å². The van der Waals surface area contributed by atoms with Crippen LogP contribution in [0.5, 0.6) is 0 Å². The van der Waals surface area contributed by atoms with Crippen LogP contribution in [0.25, 0.3) is 10.2 Å². The van der Waals surface area contributed by atoms with E-state index in [1.807, 2.05) is 25.0 Å². The number of fused-ring (bicyclic) bond motifs is 1. The van der Waals surface area contributed by atoms with E-state index in [-0.39, 0.29) is 0 Å². The molecule has 1 aromatic heterocycles. The monoisotopic (exact) mass is 245 g/mol. The number of carbonyl (C=O) groups is 1. The molecule has 1 heterocycles. The summed E-state index contributed by atoms with van der Waals surface area (Å²) in [6, 6.07) is 8.16. The molecule has 0 N–H and O–H groups in total. The van der Waals surface area contributed by atoms with Crippen molar-refractivity contribution in [2.24, 2.45) is 0 Å². The standard InChI is InChI=1S/C7H5NSSe.CH2O/c10-7-8-5-3-1-2-4-6(5)9-7;1-2/h1-4H,(H,8,10);1H2. The average molecular weight is 244 g/mol. The number of hydrogen-bond acceptors (Lipinski definition) is 3. The molecule has 0 saturated heterocycles. The molecule has 0 aliphatic rings. The molecule has 0 unspecified atom stereocenters. The summed E-state index contributed by atoms with van der Waals surface area (Å²) >= 11 is 4.18. The maximum absolute atomic E-state index is 8.00. The Balaban J connectivity index is 0.000000336. The number of hydrogen-bond donors (Lipinski definition) is 0. The van der Waals surface area contributed by atoms with E-state index in [0.717, 1.165) is 9.42 Å². The Bertz CT molecular complexity index is 341. The number of rotatable bonds is 0. The first-order chi connectivity index (χ1) is 5.86. The Morgan fingerprint density at radius 2 is 2.00 bits per heavy atom. The van der Waals surface area contributed by atoms with E-state index in [1.54, 1.807) is 11.3 Å².